The molecule has 0 spiro atoms. The van der Waals surface area contributed by atoms with Crippen molar-refractivity contribution >= 4 is 23.9 Å². The summed E-state index contributed by atoms with van der Waals surface area (Å²) in [5.74, 6) is -3.63. The topological polar surface area (TPSA) is 162 Å². The second kappa shape index (κ2) is 12.1. The van der Waals surface area contributed by atoms with Crippen molar-refractivity contribution < 1.29 is 39.6 Å². The molecule has 4 N–H and O–H groups in total. The second-order valence-electron chi connectivity index (χ2n) is 8.71. The highest BCUT2D eigenvalue weighted by atomic mass is 16.4. The van der Waals surface area contributed by atoms with Crippen LogP contribution in [0.2, 0.25) is 0 Å². The predicted octanol–water partition coefficient (Wildman–Crippen LogP) is -1.43. The van der Waals surface area contributed by atoms with Crippen molar-refractivity contribution in [2.24, 2.45) is 11.8 Å². The summed E-state index contributed by atoms with van der Waals surface area (Å²) in [6.45, 7) is 3.85. The van der Waals surface area contributed by atoms with Crippen LogP contribution >= 0.6 is 0 Å². The zero-order valence-electron chi connectivity index (χ0n) is 18.4. The van der Waals surface area contributed by atoms with Crippen molar-refractivity contribution in [2.75, 3.05) is 72.0 Å². The summed E-state index contributed by atoms with van der Waals surface area (Å²) in [6, 6.07) is -0.699. The number of nitrogens with zero attached hydrogens (tertiary/aromatic N) is 4. The van der Waals surface area contributed by atoms with Crippen molar-refractivity contribution in [2.45, 2.75) is 19.4 Å². The molecule has 0 radical (unpaired) electrons. The fourth-order valence-electron chi connectivity index (χ4n) is 4.28. The maximum atomic E-state index is 12.0. The Morgan fingerprint density at radius 2 is 1.00 bits per heavy atom. The van der Waals surface area contributed by atoms with Crippen LogP contribution in [-0.2, 0) is 19.2 Å². The largest absolute Gasteiger partial charge is 0.480 e. The lowest BCUT2D eigenvalue weighted by molar-refractivity contribution is -0.145. The number of carboxylic acid groups (broad SMARTS) is 4. The number of rotatable bonds is 9. The molecule has 0 aromatic heterocycles. The molecular weight excluding hydrogens is 424 g/mol. The molecule has 2 fully saturated rings. The van der Waals surface area contributed by atoms with Gasteiger partial charge in [-0.05, 0) is 18.3 Å². The molecule has 1 heterocycles. The highest BCUT2D eigenvalue weighted by Crippen LogP contribution is 2.42. The summed E-state index contributed by atoms with van der Waals surface area (Å²) < 4.78 is 0. The van der Waals surface area contributed by atoms with Gasteiger partial charge in [-0.25, -0.2) is 0 Å². The lowest BCUT2D eigenvalue weighted by Crippen LogP contribution is -2.52. The van der Waals surface area contributed by atoms with Crippen molar-refractivity contribution in [1.82, 2.24) is 19.6 Å². The molecule has 0 aromatic carbocycles. The van der Waals surface area contributed by atoms with Gasteiger partial charge in [0.15, 0.2) is 0 Å². The van der Waals surface area contributed by atoms with Crippen molar-refractivity contribution in [3.63, 3.8) is 0 Å². The van der Waals surface area contributed by atoms with Crippen LogP contribution in [0.1, 0.15) is 13.3 Å². The predicted molar refractivity (Wildman–Crippen MR) is 112 cm³/mol. The maximum absolute atomic E-state index is 12.0. The summed E-state index contributed by atoms with van der Waals surface area (Å²) in [4.78, 5) is 52.8. The Labute approximate surface area is 187 Å². The molecule has 3 unspecified atom stereocenters. The summed E-state index contributed by atoms with van der Waals surface area (Å²) in [6.07, 6.45) is 0.815. The standard InChI is InChI=1S/C20H34N4O8/c1-14-10-15(14)19(20(31)32)24-8-6-22(12-17(27)28)4-2-21(11-16(25)26)3-5-23(7-9-24)13-18(29)30/h14-15,19H,2-13H2,1H3,(H,25,26)(H,27,28)(H,29,30)(H,31,32). The van der Waals surface area contributed by atoms with Gasteiger partial charge in [0, 0.05) is 52.4 Å². The van der Waals surface area contributed by atoms with Crippen LogP contribution in [0.25, 0.3) is 0 Å². The van der Waals surface area contributed by atoms with E-state index in [1.54, 1.807) is 14.7 Å². The molecule has 12 heteroatoms. The zero-order valence-corrected chi connectivity index (χ0v) is 18.4. The van der Waals surface area contributed by atoms with Gasteiger partial charge in [-0.1, -0.05) is 6.92 Å². The number of hydrogen-bond donors (Lipinski definition) is 4. The molecule has 1 aliphatic carbocycles. The van der Waals surface area contributed by atoms with E-state index >= 15 is 0 Å². The third kappa shape index (κ3) is 8.69. The fourth-order valence-corrected chi connectivity index (χ4v) is 4.28. The Kier molecular flexibility index (Phi) is 9.82. The van der Waals surface area contributed by atoms with Gasteiger partial charge in [-0.15, -0.1) is 0 Å². The fraction of sp³-hybridized carbons (Fsp3) is 0.800. The monoisotopic (exact) mass is 458 g/mol. The SMILES string of the molecule is CC1CC1C(C(=O)O)N1CCN(CC(=O)O)CCN(CC(=O)O)CCN(CC(=O)O)CC1. The minimum atomic E-state index is -1.01. The van der Waals surface area contributed by atoms with Crippen LogP contribution < -0.4 is 0 Å². The lowest BCUT2D eigenvalue weighted by atomic mass is 10.1. The van der Waals surface area contributed by atoms with E-state index in [2.05, 4.69) is 0 Å². The van der Waals surface area contributed by atoms with Gasteiger partial charge >= 0.3 is 23.9 Å². The summed E-state index contributed by atoms with van der Waals surface area (Å²) in [7, 11) is 0. The number of hydrogen-bond acceptors (Lipinski definition) is 8. The minimum absolute atomic E-state index is 0.0207. The van der Waals surface area contributed by atoms with Crippen LogP contribution in [0.4, 0.5) is 0 Å². The first-order valence-electron chi connectivity index (χ1n) is 10.9. The van der Waals surface area contributed by atoms with Gasteiger partial charge < -0.3 is 20.4 Å². The molecule has 0 aromatic rings. The average Bonchev–Trinajstić information content (AvgIpc) is 3.37. The van der Waals surface area contributed by atoms with Crippen LogP contribution in [0, 0.1) is 11.8 Å². The van der Waals surface area contributed by atoms with Crippen LogP contribution in [0.3, 0.4) is 0 Å². The Bertz CT molecular complexity index is 659. The van der Waals surface area contributed by atoms with E-state index in [0.717, 1.165) is 6.42 Å². The van der Waals surface area contributed by atoms with Crippen molar-refractivity contribution in [3.8, 4) is 0 Å². The first-order chi connectivity index (χ1) is 15.1. The van der Waals surface area contributed by atoms with Crippen LogP contribution in [0.5, 0.6) is 0 Å². The van der Waals surface area contributed by atoms with E-state index in [0.29, 0.717) is 58.3 Å². The molecule has 12 nitrogen and oxygen atoms in total. The molecule has 32 heavy (non-hydrogen) atoms. The van der Waals surface area contributed by atoms with E-state index < -0.39 is 29.9 Å². The third-order valence-electron chi connectivity index (χ3n) is 6.17. The van der Waals surface area contributed by atoms with E-state index in [1.807, 2.05) is 11.8 Å². The van der Waals surface area contributed by atoms with Crippen LogP contribution in [0.15, 0.2) is 0 Å². The summed E-state index contributed by atoms with van der Waals surface area (Å²) in [5.41, 5.74) is 0. The normalized spacial score (nSPS) is 25.9. The highest BCUT2D eigenvalue weighted by molar-refractivity contribution is 5.74. The van der Waals surface area contributed by atoms with Crippen molar-refractivity contribution in [1.29, 1.82) is 0 Å². The van der Waals surface area contributed by atoms with Gasteiger partial charge in [-0.2, -0.15) is 0 Å². The highest BCUT2D eigenvalue weighted by Gasteiger charge is 2.46. The average molecular weight is 459 g/mol. The maximum Gasteiger partial charge on any atom is 0.321 e. The molecule has 0 bridgehead atoms. The lowest BCUT2D eigenvalue weighted by Gasteiger charge is -2.35. The number of aliphatic carboxylic acids is 4. The quantitative estimate of drug-likeness (QED) is 0.319. The molecule has 2 aliphatic rings. The van der Waals surface area contributed by atoms with E-state index in [4.69, 9.17) is 0 Å². The molecule has 1 saturated carbocycles. The molecule has 3 atom stereocenters. The van der Waals surface area contributed by atoms with Gasteiger partial charge in [-0.3, -0.25) is 38.8 Å². The molecule has 0 amide bonds. The summed E-state index contributed by atoms with van der Waals surface area (Å²) >= 11 is 0. The molecule has 2 rings (SSSR count). The van der Waals surface area contributed by atoms with Crippen LogP contribution in [-0.4, -0.2) is 142 Å². The third-order valence-corrected chi connectivity index (χ3v) is 6.17. The Morgan fingerprint density at radius 1 is 0.688 bits per heavy atom. The first kappa shape index (κ1) is 26.0. The summed E-state index contributed by atoms with van der Waals surface area (Å²) in [5, 5.41) is 37.6. The molecular formula is C20H34N4O8. The van der Waals surface area contributed by atoms with Gasteiger partial charge in [0.25, 0.3) is 0 Å². The van der Waals surface area contributed by atoms with E-state index in [9.17, 15) is 39.6 Å². The molecule has 1 saturated heterocycles. The Hall–Kier alpha value is -2.28. The van der Waals surface area contributed by atoms with Gasteiger partial charge in [0.2, 0.25) is 0 Å². The van der Waals surface area contributed by atoms with E-state index in [1.165, 1.54) is 0 Å². The molecule has 182 valence electrons. The number of carbonyl (C=O) groups is 4. The smallest absolute Gasteiger partial charge is 0.321 e. The minimum Gasteiger partial charge on any atom is -0.480 e. The van der Waals surface area contributed by atoms with Gasteiger partial charge in [0.1, 0.15) is 6.04 Å². The van der Waals surface area contributed by atoms with E-state index in [-0.39, 0.29) is 25.6 Å². The molecule has 1 aliphatic heterocycles. The number of carboxylic acids is 4. The van der Waals surface area contributed by atoms with Crippen molar-refractivity contribution in [3.05, 3.63) is 0 Å². The van der Waals surface area contributed by atoms with Gasteiger partial charge in [0.05, 0.1) is 19.6 Å². The first-order valence-corrected chi connectivity index (χ1v) is 10.9. The Balaban J connectivity index is 2.21. The zero-order chi connectivity index (χ0) is 23.8. The Morgan fingerprint density at radius 3 is 1.25 bits per heavy atom. The second-order valence-corrected chi connectivity index (χ2v) is 8.71.